The highest BCUT2D eigenvalue weighted by Crippen LogP contribution is 2.24. The molecule has 0 N–H and O–H groups in total. The number of rotatable bonds is 5. The molecule has 0 saturated heterocycles. The van der Waals surface area contributed by atoms with E-state index in [0.717, 1.165) is 11.1 Å². The van der Waals surface area contributed by atoms with E-state index in [1.54, 1.807) is 12.1 Å². The average Bonchev–Trinajstić information content (AvgIpc) is 2.28. The molecule has 0 fully saturated rings. The topological polar surface area (TPSA) is 0 Å². The van der Waals surface area contributed by atoms with Crippen LogP contribution < -0.4 is 5.19 Å². The van der Waals surface area contributed by atoms with Crippen LogP contribution in [0.25, 0.3) is 0 Å². The van der Waals surface area contributed by atoms with Crippen molar-refractivity contribution in [2.75, 3.05) is 0 Å². The lowest BCUT2D eigenvalue weighted by atomic mass is 9.96. The van der Waals surface area contributed by atoms with Crippen molar-refractivity contribution in [3.63, 3.8) is 0 Å². The van der Waals surface area contributed by atoms with Crippen LogP contribution in [-0.4, -0.2) is 8.74 Å². The van der Waals surface area contributed by atoms with E-state index >= 15 is 0 Å². The third-order valence-corrected chi connectivity index (χ3v) is 5.56. The lowest BCUT2D eigenvalue weighted by Gasteiger charge is -2.18. The second kappa shape index (κ2) is 5.96. The lowest BCUT2D eigenvalue weighted by Crippen LogP contribution is -2.39. The van der Waals surface area contributed by atoms with Crippen molar-refractivity contribution in [1.82, 2.24) is 0 Å². The highest BCUT2D eigenvalue weighted by Gasteiger charge is 2.37. The summed E-state index contributed by atoms with van der Waals surface area (Å²) in [6.45, 7) is 10.1. The maximum absolute atomic E-state index is 14.2. The molecule has 0 spiro atoms. The summed E-state index contributed by atoms with van der Waals surface area (Å²) in [4.78, 5) is 0. The molecule has 3 heteroatoms. The standard InChI is InChI=1S/C15H24F2Si/c1-6-7-18(16,17)15-9-13(11(2)3)8-14(10-15)12(4)5/h8-12H,6-7H2,1-5H3. The third kappa shape index (κ3) is 3.64. The van der Waals surface area contributed by atoms with Crippen LogP contribution in [0.3, 0.4) is 0 Å². The molecule has 102 valence electrons. The number of halogens is 2. The molecule has 0 aromatic heterocycles. The minimum absolute atomic E-state index is 0.0616. The monoisotopic (exact) mass is 270 g/mol. The minimum Gasteiger partial charge on any atom is -0.265 e. The van der Waals surface area contributed by atoms with Crippen LogP contribution in [0.5, 0.6) is 0 Å². The molecule has 1 rings (SSSR count). The van der Waals surface area contributed by atoms with Crippen molar-refractivity contribution >= 4 is 13.9 Å². The molecular weight excluding hydrogens is 246 g/mol. The first-order valence-electron chi connectivity index (χ1n) is 6.81. The quantitative estimate of drug-likeness (QED) is 0.525. The van der Waals surface area contributed by atoms with Gasteiger partial charge in [0.2, 0.25) is 0 Å². The van der Waals surface area contributed by atoms with E-state index in [4.69, 9.17) is 0 Å². The fraction of sp³-hybridized carbons (Fsp3) is 0.600. The van der Waals surface area contributed by atoms with Gasteiger partial charge in [0.25, 0.3) is 0 Å². The van der Waals surface area contributed by atoms with Gasteiger partial charge in [-0.05, 0) is 23.0 Å². The van der Waals surface area contributed by atoms with Crippen LogP contribution >= 0.6 is 0 Å². The largest absolute Gasteiger partial charge is 0.455 e. The van der Waals surface area contributed by atoms with Crippen molar-refractivity contribution in [1.29, 1.82) is 0 Å². The van der Waals surface area contributed by atoms with Gasteiger partial charge in [-0.3, -0.25) is 8.22 Å². The zero-order valence-electron chi connectivity index (χ0n) is 12.1. The minimum atomic E-state index is -4.23. The number of hydrogen-bond acceptors (Lipinski definition) is 0. The van der Waals surface area contributed by atoms with Gasteiger partial charge in [0.05, 0.1) is 0 Å². The first-order chi connectivity index (χ1) is 8.27. The maximum Gasteiger partial charge on any atom is 0.455 e. The molecule has 0 amide bonds. The molecule has 0 heterocycles. The Morgan fingerprint density at radius 3 is 1.72 bits per heavy atom. The summed E-state index contributed by atoms with van der Waals surface area (Å²) in [5, 5.41) is 0.319. The molecule has 0 radical (unpaired) electrons. The van der Waals surface area contributed by atoms with Gasteiger partial charge in [0, 0.05) is 11.2 Å². The van der Waals surface area contributed by atoms with Gasteiger partial charge in [0.15, 0.2) is 0 Å². The fourth-order valence-corrected chi connectivity index (χ4v) is 3.69. The molecule has 0 bridgehead atoms. The zero-order valence-corrected chi connectivity index (χ0v) is 13.1. The second-order valence-electron chi connectivity index (χ2n) is 5.65. The van der Waals surface area contributed by atoms with Gasteiger partial charge in [-0.2, -0.15) is 0 Å². The average molecular weight is 270 g/mol. The molecule has 0 aliphatic rings. The smallest absolute Gasteiger partial charge is 0.265 e. The van der Waals surface area contributed by atoms with Crippen LogP contribution in [-0.2, 0) is 0 Å². The van der Waals surface area contributed by atoms with Crippen LogP contribution in [0, 0.1) is 0 Å². The predicted molar refractivity (Wildman–Crippen MR) is 77.3 cm³/mol. The first kappa shape index (κ1) is 15.4. The van der Waals surface area contributed by atoms with Crippen molar-refractivity contribution < 1.29 is 8.22 Å². The molecule has 1 aromatic rings. The van der Waals surface area contributed by atoms with Gasteiger partial charge in [-0.25, -0.2) is 0 Å². The number of benzene rings is 1. The summed E-state index contributed by atoms with van der Waals surface area (Å²) in [6, 6.07) is 5.61. The highest BCUT2D eigenvalue weighted by molar-refractivity contribution is 6.80. The van der Waals surface area contributed by atoms with Gasteiger partial charge < -0.3 is 0 Å². The molecule has 1 aromatic carbocycles. The van der Waals surface area contributed by atoms with E-state index in [-0.39, 0.29) is 6.04 Å². The lowest BCUT2D eigenvalue weighted by molar-refractivity contribution is 0.615. The highest BCUT2D eigenvalue weighted by atomic mass is 28.4. The molecule has 0 unspecified atom stereocenters. The molecule has 0 aliphatic carbocycles. The Kier molecular flexibility index (Phi) is 5.08. The van der Waals surface area contributed by atoms with Gasteiger partial charge in [-0.1, -0.05) is 59.2 Å². The summed E-state index contributed by atoms with van der Waals surface area (Å²) in [6.07, 6.45) is 0.558. The van der Waals surface area contributed by atoms with Crippen molar-refractivity contribution in [3.8, 4) is 0 Å². The Labute approximate surface area is 111 Å². The number of hydrogen-bond donors (Lipinski definition) is 0. The van der Waals surface area contributed by atoms with Crippen LogP contribution in [0.15, 0.2) is 18.2 Å². The van der Waals surface area contributed by atoms with E-state index < -0.39 is 8.74 Å². The van der Waals surface area contributed by atoms with E-state index in [0.29, 0.717) is 23.4 Å². The third-order valence-electron chi connectivity index (χ3n) is 3.30. The zero-order chi connectivity index (χ0) is 13.9. The van der Waals surface area contributed by atoms with Crippen molar-refractivity contribution in [2.45, 2.75) is 58.9 Å². The normalized spacial score (nSPS) is 12.5. The van der Waals surface area contributed by atoms with E-state index in [2.05, 4.69) is 33.8 Å². The summed E-state index contributed by atoms with van der Waals surface area (Å²) in [5.74, 6) is 0.600. The Morgan fingerprint density at radius 2 is 1.39 bits per heavy atom. The van der Waals surface area contributed by atoms with Crippen LogP contribution in [0.1, 0.15) is 64.0 Å². The fourth-order valence-electron chi connectivity index (χ4n) is 2.01. The van der Waals surface area contributed by atoms with Crippen LogP contribution in [0.2, 0.25) is 6.04 Å². The van der Waals surface area contributed by atoms with E-state index in [1.165, 1.54) is 0 Å². The van der Waals surface area contributed by atoms with Gasteiger partial charge in [0.1, 0.15) is 0 Å². The van der Waals surface area contributed by atoms with Crippen molar-refractivity contribution in [2.24, 2.45) is 0 Å². The summed E-state index contributed by atoms with van der Waals surface area (Å²) >= 11 is 0. The molecule has 0 nitrogen and oxygen atoms in total. The Bertz CT molecular complexity index is 371. The first-order valence-corrected chi connectivity index (χ1v) is 8.77. The van der Waals surface area contributed by atoms with E-state index in [1.807, 2.05) is 6.92 Å². The Hall–Kier alpha value is -0.703. The molecule has 0 aliphatic heterocycles. The predicted octanol–water partition coefficient (Wildman–Crippen LogP) is 4.93. The maximum atomic E-state index is 14.2. The Morgan fingerprint density at radius 1 is 0.944 bits per heavy atom. The molecule has 18 heavy (non-hydrogen) atoms. The molecular formula is C15H24F2Si. The molecule has 0 atom stereocenters. The second-order valence-corrected chi connectivity index (χ2v) is 8.14. The Balaban J connectivity index is 3.26. The summed E-state index contributed by atoms with van der Waals surface area (Å²) < 4.78 is 28.4. The van der Waals surface area contributed by atoms with Crippen LogP contribution in [0.4, 0.5) is 8.22 Å². The molecule has 0 saturated carbocycles. The summed E-state index contributed by atoms with van der Waals surface area (Å²) in [7, 11) is -4.23. The van der Waals surface area contributed by atoms with Gasteiger partial charge in [-0.15, -0.1) is 0 Å². The summed E-state index contributed by atoms with van der Waals surface area (Å²) in [5.41, 5.74) is 2.08. The van der Waals surface area contributed by atoms with Gasteiger partial charge >= 0.3 is 8.74 Å². The van der Waals surface area contributed by atoms with Crippen molar-refractivity contribution in [3.05, 3.63) is 29.3 Å². The van der Waals surface area contributed by atoms with E-state index in [9.17, 15) is 8.22 Å². The SMILES string of the molecule is CCC[Si](F)(F)c1cc(C(C)C)cc(C(C)C)c1.